The third-order valence-corrected chi connectivity index (χ3v) is 6.20. The summed E-state index contributed by atoms with van der Waals surface area (Å²) in [5.41, 5.74) is 1.04. The number of methoxy groups -OCH3 is 1. The number of nitrogens with zero attached hydrogens (tertiary/aromatic N) is 2. The van der Waals surface area contributed by atoms with Gasteiger partial charge in [-0.1, -0.05) is 6.07 Å². The summed E-state index contributed by atoms with van der Waals surface area (Å²) in [7, 11) is -1.87. The molecule has 1 aromatic heterocycles. The van der Waals surface area contributed by atoms with Crippen molar-refractivity contribution in [2.24, 2.45) is 0 Å². The molecular formula is C17H22N3O3S+. The SMILES string of the molecule is COc1ccc(S(=O)(=O)N2CC[NH+](Cc3ccccn3)CC2)cc1. The molecule has 0 saturated carbocycles. The van der Waals surface area contributed by atoms with Crippen LogP contribution < -0.4 is 9.64 Å². The van der Waals surface area contributed by atoms with Crippen LogP contribution in [0.3, 0.4) is 0 Å². The zero-order chi connectivity index (χ0) is 17.0. The third kappa shape index (κ3) is 3.75. The molecule has 0 amide bonds. The van der Waals surface area contributed by atoms with Crippen LogP contribution in [0.25, 0.3) is 0 Å². The molecule has 2 aromatic rings. The van der Waals surface area contributed by atoms with Gasteiger partial charge < -0.3 is 9.64 Å². The average molecular weight is 348 g/mol. The first-order valence-corrected chi connectivity index (χ1v) is 9.41. The molecule has 1 saturated heterocycles. The molecule has 1 aliphatic heterocycles. The van der Waals surface area contributed by atoms with Gasteiger partial charge in [0.1, 0.15) is 12.3 Å². The minimum atomic E-state index is -3.43. The van der Waals surface area contributed by atoms with Gasteiger partial charge in [0.05, 0.1) is 43.9 Å². The Labute approximate surface area is 142 Å². The fourth-order valence-electron chi connectivity index (χ4n) is 2.88. The Bertz CT molecular complexity index is 755. The molecule has 24 heavy (non-hydrogen) atoms. The van der Waals surface area contributed by atoms with Crippen molar-refractivity contribution in [3.8, 4) is 5.75 Å². The molecule has 128 valence electrons. The highest BCUT2D eigenvalue weighted by molar-refractivity contribution is 7.89. The van der Waals surface area contributed by atoms with Crippen molar-refractivity contribution in [1.29, 1.82) is 0 Å². The maximum atomic E-state index is 12.7. The van der Waals surface area contributed by atoms with Crippen LogP contribution in [0.5, 0.6) is 5.75 Å². The van der Waals surface area contributed by atoms with Gasteiger partial charge in [0, 0.05) is 6.20 Å². The summed E-state index contributed by atoms with van der Waals surface area (Å²) in [5, 5.41) is 0. The van der Waals surface area contributed by atoms with E-state index >= 15 is 0 Å². The van der Waals surface area contributed by atoms with Crippen LogP contribution in [0, 0.1) is 0 Å². The zero-order valence-corrected chi connectivity index (χ0v) is 14.5. The van der Waals surface area contributed by atoms with Crippen molar-refractivity contribution in [3.05, 3.63) is 54.4 Å². The van der Waals surface area contributed by atoms with Crippen molar-refractivity contribution in [2.75, 3.05) is 33.3 Å². The number of pyridine rings is 1. The van der Waals surface area contributed by atoms with Crippen molar-refractivity contribution in [1.82, 2.24) is 9.29 Å². The number of piperazine rings is 1. The minimum absolute atomic E-state index is 0.316. The number of sulfonamides is 1. The smallest absolute Gasteiger partial charge is 0.243 e. The van der Waals surface area contributed by atoms with Gasteiger partial charge in [-0.2, -0.15) is 4.31 Å². The molecule has 2 heterocycles. The Balaban J connectivity index is 1.62. The topological polar surface area (TPSA) is 63.9 Å². The second-order valence-corrected chi connectivity index (χ2v) is 7.77. The van der Waals surface area contributed by atoms with E-state index in [-0.39, 0.29) is 0 Å². The monoisotopic (exact) mass is 348 g/mol. The van der Waals surface area contributed by atoms with Crippen LogP contribution in [-0.4, -0.2) is 51.0 Å². The minimum Gasteiger partial charge on any atom is -0.497 e. The first kappa shape index (κ1) is 16.9. The molecule has 7 heteroatoms. The highest BCUT2D eigenvalue weighted by atomic mass is 32.2. The number of nitrogens with one attached hydrogen (secondary N) is 1. The lowest BCUT2D eigenvalue weighted by atomic mass is 10.3. The molecule has 1 aromatic carbocycles. The third-order valence-electron chi connectivity index (χ3n) is 4.28. The van der Waals surface area contributed by atoms with Crippen LogP contribution >= 0.6 is 0 Å². The predicted molar refractivity (Wildman–Crippen MR) is 90.4 cm³/mol. The van der Waals surface area contributed by atoms with E-state index in [0.717, 1.165) is 25.3 Å². The lowest BCUT2D eigenvalue weighted by Gasteiger charge is -2.31. The van der Waals surface area contributed by atoms with Crippen LogP contribution in [0.1, 0.15) is 5.69 Å². The molecule has 0 bridgehead atoms. The summed E-state index contributed by atoms with van der Waals surface area (Å²) in [6.45, 7) is 3.45. The van der Waals surface area contributed by atoms with Crippen molar-refractivity contribution >= 4 is 10.0 Å². The molecule has 1 N–H and O–H groups in total. The van der Waals surface area contributed by atoms with Gasteiger partial charge in [0.2, 0.25) is 10.0 Å². The summed E-state index contributed by atoms with van der Waals surface area (Å²) < 4.78 is 32.1. The van der Waals surface area contributed by atoms with Crippen LogP contribution in [0.4, 0.5) is 0 Å². The van der Waals surface area contributed by atoms with E-state index in [1.807, 2.05) is 18.2 Å². The molecule has 0 unspecified atom stereocenters. The second kappa shape index (κ2) is 7.29. The van der Waals surface area contributed by atoms with Gasteiger partial charge in [-0.25, -0.2) is 8.42 Å². The number of hydrogen-bond donors (Lipinski definition) is 1. The van der Waals surface area contributed by atoms with E-state index in [1.165, 1.54) is 4.90 Å². The quantitative estimate of drug-likeness (QED) is 0.837. The molecule has 0 spiro atoms. The molecule has 1 aliphatic rings. The molecule has 6 nitrogen and oxygen atoms in total. The normalized spacial score (nSPS) is 16.9. The second-order valence-electron chi connectivity index (χ2n) is 5.83. The maximum Gasteiger partial charge on any atom is 0.243 e. The molecule has 3 rings (SSSR count). The molecular weight excluding hydrogens is 326 g/mol. The van der Waals surface area contributed by atoms with Crippen molar-refractivity contribution in [2.45, 2.75) is 11.4 Å². The van der Waals surface area contributed by atoms with Gasteiger partial charge in [-0.15, -0.1) is 0 Å². The Hall–Kier alpha value is -1.96. The van der Waals surface area contributed by atoms with Gasteiger partial charge >= 0.3 is 0 Å². The summed E-state index contributed by atoms with van der Waals surface area (Å²) in [4.78, 5) is 6.01. The Morgan fingerprint density at radius 3 is 2.42 bits per heavy atom. The Morgan fingerprint density at radius 2 is 1.83 bits per heavy atom. The summed E-state index contributed by atoms with van der Waals surface area (Å²) in [5.74, 6) is 0.651. The highest BCUT2D eigenvalue weighted by Crippen LogP contribution is 2.19. The molecule has 0 atom stereocenters. The summed E-state index contributed by atoms with van der Waals surface area (Å²) in [6.07, 6.45) is 1.79. The van der Waals surface area contributed by atoms with Crippen molar-refractivity contribution < 1.29 is 18.1 Å². The average Bonchev–Trinajstić information content (AvgIpc) is 2.63. The van der Waals surface area contributed by atoms with Crippen LogP contribution in [-0.2, 0) is 16.6 Å². The number of ether oxygens (including phenoxy) is 1. The van der Waals surface area contributed by atoms with Gasteiger partial charge in [-0.05, 0) is 36.4 Å². The maximum absolute atomic E-state index is 12.7. The van der Waals surface area contributed by atoms with Crippen molar-refractivity contribution in [3.63, 3.8) is 0 Å². The number of rotatable bonds is 5. The molecule has 0 radical (unpaired) electrons. The summed E-state index contributed by atoms with van der Waals surface area (Å²) >= 11 is 0. The van der Waals surface area contributed by atoms with Crippen LogP contribution in [0.2, 0.25) is 0 Å². The van der Waals surface area contributed by atoms with Gasteiger partial charge in [0.15, 0.2) is 0 Å². The number of aromatic nitrogens is 1. The standard InChI is InChI=1S/C17H21N3O3S/c1-23-16-5-7-17(8-6-16)24(21,22)20-12-10-19(11-13-20)14-15-4-2-3-9-18-15/h2-9H,10-14H2,1H3/p+1. The lowest BCUT2D eigenvalue weighted by molar-refractivity contribution is -0.917. The summed E-state index contributed by atoms with van der Waals surface area (Å²) in [6, 6.07) is 12.4. The number of benzene rings is 1. The zero-order valence-electron chi connectivity index (χ0n) is 13.7. The first-order chi connectivity index (χ1) is 11.6. The number of quaternary nitrogens is 1. The fraction of sp³-hybridized carbons (Fsp3) is 0.353. The molecule has 1 fully saturated rings. The van der Waals surface area contributed by atoms with Gasteiger partial charge in [0.25, 0.3) is 0 Å². The van der Waals surface area contributed by atoms with E-state index < -0.39 is 10.0 Å². The predicted octanol–water partition coefficient (Wildman–Crippen LogP) is 0.180. The Kier molecular flexibility index (Phi) is 5.13. The highest BCUT2D eigenvalue weighted by Gasteiger charge is 2.30. The van der Waals surface area contributed by atoms with Gasteiger partial charge in [-0.3, -0.25) is 4.98 Å². The van der Waals surface area contributed by atoms with E-state index in [4.69, 9.17) is 4.74 Å². The number of hydrogen-bond acceptors (Lipinski definition) is 4. The van der Waals surface area contributed by atoms with E-state index in [9.17, 15) is 8.42 Å². The van der Waals surface area contributed by atoms with E-state index in [0.29, 0.717) is 23.7 Å². The van der Waals surface area contributed by atoms with Crippen LogP contribution in [0.15, 0.2) is 53.6 Å². The first-order valence-electron chi connectivity index (χ1n) is 7.97. The largest absolute Gasteiger partial charge is 0.497 e. The lowest BCUT2D eigenvalue weighted by Crippen LogP contribution is -3.13. The fourth-order valence-corrected chi connectivity index (χ4v) is 4.32. The Morgan fingerprint density at radius 1 is 1.12 bits per heavy atom. The van der Waals surface area contributed by atoms with E-state index in [1.54, 1.807) is 41.9 Å². The van der Waals surface area contributed by atoms with E-state index in [2.05, 4.69) is 4.98 Å². The molecule has 0 aliphatic carbocycles.